The smallest absolute Gasteiger partial charge is 0.345 e. The van der Waals surface area contributed by atoms with Crippen LogP contribution in [0.25, 0.3) is 0 Å². The van der Waals surface area contributed by atoms with Crippen molar-refractivity contribution in [2.24, 2.45) is 0 Å². The lowest BCUT2D eigenvalue weighted by molar-refractivity contribution is 0.0702. The number of sulfonamides is 1. The van der Waals surface area contributed by atoms with E-state index in [-0.39, 0.29) is 20.1 Å². The van der Waals surface area contributed by atoms with Gasteiger partial charge in [-0.25, -0.2) is 22.9 Å². The SMILES string of the molecule is O=C(O)c1cc(S(=O)(=O)NCc2cscn2)c(Br)s1. The van der Waals surface area contributed by atoms with E-state index >= 15 is 0 Å². The number of halogens is 1. The van der Waals surface area contributed by atoms with E-state index in [9.17, 15) is 13.2 Å². The van der Waals surface area contributed by atoms with Crippen molar-refractivity contribution in [2.75, 3.05) is 0 Å². The van der Waals surface area contributed by atoms with Crippen LogP contribution < -0.4 is 4.72 Å². The summed E-state index contributed by atoms with van der Waals surface area (Å²) in [5, 5.41) is 10.6. The average Bonchev–Trinajstić information content (AvgIpc) is 2.95. The molecule has 0 aliphatic rings. The summed E-state index contributed by atoms with van der Waals surface area (Å²) in [6, 6.07) is 1.13. The lowest BCUT2D eigenvalue weighted by Crippen LogP contribution is -2.23. The fraction of sp³-hybridized carbons (Fsp3) is 0.111. The lowest BCUT2D eigenvalue weighted by atomic mass is 10.5. The number of thiazole rings is 1. The second-order valence-electron chi connectivity index (χ2n) is 3.36. The molecule has 10 heteroatoms. The largest absolute Gasteiger partial charge is 0.477 e. The summed E-state index contributed by atoms with van der Waals surface area (Å²) >= 11 is 5.29. The molecule has 19 heavy (non-hydrogen) atoms. The summed E-state index contributed by atoms with van der Waals surface area (Å²) in [7, 11) is -3.76. The van der Waals surface area contributed by atoms with Crippen LogP contribution in [0.15, 0.2) is 25.6 Å². The predicted octanol–water partition coefficient (Wildman–Crippen LogP) is 2.14. The van der Waals surface area contributed by atoms with Gasteiger partial charge < -0.3 is 5.11 Å². The molecule has 6 nitrogen and oxygen atoms in total. The van der Waals surface area contributed by atoms with E-state index in [4.69, 9.17) is 5.11 Å². The van der Waals surface area contributed by atoms with Crippen molar-refractivity contribution >= 4 is 54.6 Å². The number of carboxylic acid groups (broad SMARTS) is 1. The number of nitrogens with one attached hydrogen (secondary N) is 1. The van der Waals surface area contributed by atoms with Gasteiger partial charge in [-0.1, -0.05) is 0 Å². The molecule has 2 aromatic heterocycles. The van der Waals surface area contributed by atoms with Gasteiger partial charge in [0.1, 0.15) is 9.77 Å². The molecule has 0 radical (unpaired) electrons. The molecule has 0 saturated carbocycles. The Labute approximate surface area is 125 Å². The number of rotatable bonds is 5. The maximum atomic E-state index is 12.0. The molecule has 0 aliphatic carbocycles. The molecule has 2 heterocycles. The molecule has 0 atom stereocenters. The van der Waals surface area contributed by atoms with Crippen molar-refractivity contribution in [1.82, 2.24) is 9.71 Å². The van der Waals surface area contributed by atoms with Crippen LogP contribution in [0.2, 0.25) is 0 Å². The molecule has 102 valence electrons. The third-order valence-corrected chi connectivity index (χ3v) is 6.36. The molecule has 2 N–H and O–H groups in total. The van der Waals surface area contributed by atoms with Gasteiger partial charge in [0.15, 0.2) is 0 Å². The Morgan fingerprint density at radius 2 is 2.26 bits per heavy atom. The van der Waals surface area contributed by atoms with Crippen molar-refractivity contribution in [2.45, 2.75) is 11.4 Å². The Morgan fingerprint density at radius 1 is 1.53 bits per heavy atom. The topological polar surface area (TPSA) is 96.4 Å². The van der Waals surface area contributed by atoms with E-state index in [2.05, 4.69) is 25.6 Å². The first-order chi connectivity index (χ1) is 8.90. The van der Waals surface area contributed by atoms with Crippen LogP contribution in [0.1, 0.15) is 15.4 Å². The second-order valence-corrected chi connectivity index (χ2v) is 8.18. The van der Waals surface area contributed by atoms with Gasteiger partial charge in [-0.05, 0) is 22.0 Å². The van der Waals surface area contributed by atoms with Crippen molar-refractivity contribution in [3.05, 3.63) is 31.3 Å². The quantitative estimate of drug-likeness (QED) is 0.825. The highest BCUT2D eigenvalue weighted by Crippen LogP contribution is 2.31. The fourth-order valence-electron chi connectivity index (χ4n) is 1.21. The number of nitrogens with zero attached hydrogens (tertiary/aromatic N) is 1. The van der Waals surface area contributed by atoms with Crippen molar-refractivity contribution in [3.8, 4) is 0 Å². The Morgan fingerprint density at radius 3 is 2.79 bits per heavy atom. The van der Waals surface area contributed by atoms with Gasteiger partial charge >= 0.3 is 5.97 Å². The van der Waals surface area contributed by atoms with E-state index in [1.54, 1.807) is 10.9 Å². The molecular formula is C9H7BrN2O4S3. The summed E-state index contributed by atoms with van der Waals surface area (Å²) in [6.07, 6.45) is 0. The predicted molar refractivity (Wildman–Crippen MR) is 75.1 cm³/mol. The summed E-state index contributed by atoms with van der Waals surface area (Å²) < 4.78 is 26.7. The van der Waals surface area contributed by atoms with E-state index in [0.29, 0.717) is 5.69 Å². The highest BCUT2D eigenvalue weighted by Gasteiger charge is 2.23. The fourth-order valence-corrected chi connectivity index (χ4v) is 5.17. The standard InChI is InChI=1S/C9H7BrN2O4S3/c10-8-7(1-6(18-8)9(13)14)19(15,16)12-2-5-3-17-4-11-5/h1,3-4,12H,2H2,(H,13,14). The molecule has 0 aromatic carbocycles. The van der Waals surface area contributed by atoms with Crippen LogP contribution in [0, 0.1) is 0 Å². The van der Waals surface area contributed by atoms with E-state index in [0.717, 1.165) is 17.4 Å². The maximum absolute atomic E-state index is 12.0. The molecule has 0 bridgehead atoms. The minimum Gasteiger partial charge on any atom is -0.477 e. The first-order valence-corrected chi connectivity index (χ1v) is 8.83. The minimum absolute atomic E-state index is 0.0408. The maximum Gasteiger partial charge on any atom is 0.345 e. The first-order valence-electron chi connectivity index (χ1n) is 4.79. The first kappa shape index (κ1) is 14.6. The van der Waals surface area contributed by atoms with E-state index in [1.165, 1.54) is 11.3 Å². The molecule has 0 fully saturated rings. The Bertz CT molecular complexity index is 693. The molecule has 0 unspecified atom stereocenters. The summed E-state index contributed by atoms with van der Waals surface area (Å²) in [6.45, 7) is 0.0660. The minimum atomic E-state index is -3.76. The van der Waals surface area contributed by atoms with Crippen LogP contribution in [0.4, 0.5) is 0 Å². The number of hydrogen-bond acceptors (Lipinski definition) is 6. The third-order valence-electron chi connectivity index (χ3n) is 2.08. The molecule has 0 spiro atoms. The number of carboxylic acids is 1. The Hall–Kier alpha value is -0.810. The molecule has 0 aliphatic heterocycles. The number of aromatic nitrogens is 1. The number of hydrogen-bond donors (Lipinski definition) is 2. The zero-order chi connectivity index (χ0) is 14.0. The monoisotopic (exact) mass is 382 g/mol. The summed E-state index contributed by atoms with van der Waals surface area (Å²) in [5.74, 6) is -1.16. The van der Waals surface area contributed by atoms with Gasteiger partial charge in [-0.2, -0.15) is 0 Å². The number of aromatic carboxylic acids is 1. The average molecular weight is 383 g/mol. The van der Waals surface area contributed by atoms with Crippen LogP contribution in [0.3, 0.4) is 0 Å². The molecule has 0 saturated heterocycles. The van der Waals surface area contributed by atoms with Crippen molar-refractivity contribution < 1.29 is 18.3 Å². The Balaban J connectivity index is 2.22. The molecular weight excluding hydrogens is 376 g/mol. The van der Waals surface area contributed by atoms with Gasteiger partial charge in [0.05, 0.1) is 21.5 Å². The van der Waals surface area contributed by atoms with Gasteiger partial charge in [-0.3, -0.25) is 0 Å². The van der Waals surface area contributed by atoms with Crippen molar-refractivity contribution in [1.29, 1.82) is 0 Å². The molecule has 2 aromatic rings. The van der Waals surface area contributed by atoms with Gasteiger partial charge in [0, 0.05) is 5.38 Å². The zero-order valence-corrected chi connectivity index (χ0v) is 13.2. The number of carbonyl (C=O) groups is 1. The normalized spacial score (nSPS) is 11.6. The van der Waals surface area contributed by atoms with Gasteiger partial charge in [0.2, 0.25) is 10.0 Å². The van der Waals surface area contributed by atoms with E-state index in [1.807, 2.05) is 0 Å². The van der Waals surface area contributed by atoms with Crippen LogP contribution in [-0.4, -0.2) is 24.5 Å². The second kappa shape index (κ2) is 5.67. The van der Waals surface area contributed by atoms with E-state index < -0.39 is 16.0 Å². The van der Waals surface area contributed by atoms with Crippen LogP contribution in [-0.2, 0) is 16.6 Å². The zero-order valence-electron chi connectivity index (χ0n) is 9.16. The van der Waals surface area contributed by atoms with Crippen LogP contribution >= 0.6 is 38.6 Å². The van der Waals surface area contributed by atoms with Gasteiger partial charge in [-0.15, -0.1) is 22.7 Å². The highest BCUT2D eigenvalue weighted by atomic mass is 79.9. The third kappa shape index (κ3) is 3.39. The summed E-state index contributed by atoms with van der Waals surface area (Å²) in [5.41, 5.74) is 2.21. The highest BCUT2D eigenvalue weighted by molar-refractivity contribution is 9.11. The number of thiophene rings is 1. The lowest BCUT2D eigenvalue weighted by Gasteiger charge is -2.03. The molecule has 2 rings (SSSR count). The van der Waals surface area contributed by atoms with Crippen molar-refractivity contribution in [3.63, 3.8) is 0 Å². The Kier molecular flexibility index (Phi) is 4.36. The van der Waals surface area contributed by atoms with Gasteiger partial charge in [0.25, 0.3) is 0 Å². The molecule has 0 amide bonds. The van der Waals surface area contributed by atoms with Crippen LogP contribution in [0.5, 0.6) is 0 Å². The summed E-state index contributed by atoms with van der Waals surface area (Å²) in [4.78, 5) is 14.6.